The first kappa shape index (κ1) is 13.1. The standard InChI is InChI=1S/C15H15ClFN/c1-2-18-10-11-5-3-4-6-13(11)14-8-7-12(17)9-15(14)16/h3-9,18H,2,10H2,1H3. The van der Waals surface area contributed by atoms with Crippen molar-refractivity contribution in [2.75, 3.05) is 6.54 Å². The van der Waals surface area contributed by atoms with Crippen LogP contribution < -0.4 is 5.32 Å². The summed E-state index contributed by atoms with van der Waals surface area (Å²) in [5.74, 6) is -0.312. The molecule has 0 bridgehead atoms. The van der Waals surface area contributed by atoms with E-state index in [0.717, 1.165) is 29.8 Å². The Balaban J connectivity index is 2.43. The van der Waals surface area contributed by atoms with Crippen LogP contribution >= 0.6 is 11.6 Å². The van der Waals surface area contributed by atoms with Gasteiger partial charge < -0.3 is 5.32 Å². The van der Waals surface area contributed by atoms with Crippen molar-refractivity contribution in [1.29, 1.82) is 0 Å². The summed E-state index contributed by atoms with van der Waals surface area (Å²) >= 11 is 6.11. The van der Waals surface area contributed by atoms with Gasteiger partial charge in [-0.25, -0.2) is 4.39 Å². The van der Waals surface area contributed by atoms with Gasteiger partial charge >= 0.3 is 0 Å². The predicted octanol–water partition coefficient (Wildman–Crippen LogP) is 4.26. The average molecular weight is 264 g/mol. The van der Waals surface area contributed by atoms with Crippen LogP contribution in [0.3, 0.4) is 0 Å². The summed E-state index contributed by atoms with van der Waals surface area (Å²) in [7, 11) is 0. The lowest BCUT2D eigenvalue weighted by Gasteiger charge is -2.11. The zero-order valence-electron chi connectivity index (χ0n) is 10.2. The molecule has 0 unspecified atom stereocenters. The highest BCUT2D eigenvalue weighted by Crippen LogP contribution is 2.30. The Kier molecular flexibility index (Phi) is 4.34. The second-order valence-corrected chi connectivity index (χ2v) is 4.47. The number of rotatable bonds is 4. The fourth-order valence-electron chi connectivity index (χ4n) is 1.90. The summed E-state index contributed by atoms with van der Waals surface area (Å²) in [4.78, 5) is 0. The van der Waals surface area contributed by atoms with Crippen LogP contribution in [0.2, 0.25) is 5.02 Å². The van der Waals surface area contributed by atoms with Gasteiger partial charge in [-0.3, -0.25) is 0 Å². The minimum Gasteiger partial charge on any atom is -0.313 e. The Morgan fingerprint density at radius 1 is 1.11 bits per heavy atom. The molecule has 0 aliphatic carbocycles. The lowest BCUT2D eigenvalue weighted by atomic mass is 9.99. The number of nitrogens with one attached hydrogen (secondary N) is 1. The van der Waals surface area contributed by atoms with Crippen LogP contribution in [0.4, 0.5) is 4.39 Å². The first-order chi connectivity index (χ1) is 8.72. The van der Waals surface area contributed by atoms with Crippen LogP contribution in [0.15, 0.2) is 42.5 Å². The maximum absolute atomic E-state index is 13.1. The van der Waals surface area contributed by atoms with Gasteiger partial charge in [-0.05, 0) is 35.9 Å². The minimum absolute atomic E-state index is 0.312. The van der Waals surface area contributed by atoms with Crippen molar-refractivity contribution in [3.63, 3.8) is 0 Å². The monoisotopic (exact) mass is 263 g/mol. The molecule has 2 aromatic carbocycles. The molecule has 0 heterocycles. The molecular weight excluding hydrogens is 249 g/mol. The molecule has 0 aromatic heterocycles. The molecule has 0 saturated carbocycles. The van der Waals surface area contributed by atoms with Crippen molar-refractivity contribution in [3.8, 4) is 11.1 Å². The Morgan fingerprint density at radius 2 is 1.89 bits per heavy atom. The van der Waals surface area contributed by atoms with Crippen molar-refractivity contribution < 1.29 is 4.39 Å². The SMILES string of the molecule is CCNCc1ccccc1-c1ccc(F)cc1Cl. The van der Waals surface area contributed by atoms with Crippen LogP contribution in [-0.2, 0) is 6.54 Å². The molecule has 0 spiro atoms. The number of hydrogen-bond donors (Lipinski definition) is 1. The summed E-state index contributed by atoms with van der Waals surface area (Å²) in [6, 6.07) is 12.5. The highest BCUT2D eigenvalue weighted by Gasteiger charge is 2.08. The molecule has 2 rings (SSSR count). The third-order valence-corrected chi connectivity index (χ3v) is 3.12. The molecule has 0 aliphatic rings. The Bertz CT molecular complexity index is 540. The van der Waals surface area contributed by atoms with Gasteiger partial charge in [0.2, 0.25) is 0 Å². The molecule has 0 atom stereocenters. The first-order valence-corrected chi connectivity index (χ1v) is 6.34. The maximum Gasteiger partial charge on any atom is 0.124 e. The van der Waals surface area contributed by atoms with E-state index in [4.69, 9.17) is 11.6 Å². The highest BCUT2D eigenvalue weighted by atomic mass is 35.5. The molecule has 3 heteroatoms. The summed E-state index contributed by atoms with van der Waals surface area (Å²) in [6.07, 6.45) is 0. The quantitative estimate of drug-likeness (QED) is 0.869. The van der Waals surface area contributed by atoms with Crippen LogP contribution in [0.5, 0.6) is 0 Å². The van der Waals surface area contributed by atoms with Gasteiger partial charge in [0.1, 0.15) is 5.82 Å². The fourth-order valence-corrected chi connectivity index (χ4v) is 2.17. The van der Waals surface area contributed by atoms with E-state index in [-0.39, 0.29) is 5.82 Å². The average Bonchev–Trinajstić information content (AvgIpc) is 2.37. The van der Waals surface area contributed by atoms with E-state index >= 15 is 0 Å². The predicted molar refractivity (Wildman–Crippen MR) is 74.2 cm³/mol. The molecule has 2 aromatic rings. The van der Waals surface area contributed by atoms with Gasteiger partial charge in [-0.15, -0.1) is 0 Å². The van der Waals surface area contributed by atoms with Crippen LogP contribution in [-0.4, -0.2) is 6.54 Å². The summed E-state index contributed by atoms with van der Waals surface area (Å²) in [5, 5.41) is 3.73. The topological polar surface area (TPSA) is 12.0 Å². The zero-order valence-corrected chi connectivity index (χ0v) is 11.0. The molecule has 1 nitrogen and oxygen atoms in total. The van der Waals surface area contributed by atoms with Crippen molar-refractivity contribution >= 4 is 11.6 Å². The zero-order chi connectivity index (χ0) is 13.0. The summed E-state index contributed by atoms with van der Waals surface area (Å²) in [5.41, 5.74) is 3.07. The molecule has 0 fully saturated rings. The van der Waals surface area contributed by atoms with Crippen molar-refractivity contribution in [2.24, 2.45) is 0 Å². The van der Waals surface area contributed by atoms with E-state index in [1.54, 1.807) is 6.07 Å². The van der Waals surface area contributed by atoms with E-state index in [9.17, 15) is 4.39 Å². The van der Waals surface area contributed by atoms with E-state index in [0.29, 0.717) is 5.02 Å². The Labute approximate surface area is 112 Å². The van der Waals surface area contributed by atoms with Gasteiger partial charge in [0.25, 0.3) is 0 Å². The lowest BCUT2D eigenvalue weighted by molar-refractivity contribution is 0.628. The summed E-state index contributed by atoms with van der Waals surface area (Å²) in [6.45, 7) is 3.75. The lowest BCUT2D eigenvalue weighted by Crippen LogP contribution is -2.12. The van der Waals surface area contributed by atoms with Gasteiger partial charge in [0, 0.05) is 12.1 Å². The molecule has 1 N–H and O–H groups in total. The maximum atomic E-state index is 13.1. The van der Waals surface area contributed by atoms with Gasteiger partial charge in [0.15, 0.2) is 0 Å². The second kappa shape index (κ2) is 5.98. The molecular formula is C15H15ClFN. The molecule has 18 heavy (non-hydrogen) atoms. The van der Waals surface area contributed by atoms with Crippen molar-refractivity contribution in [1.82, 2.24) is 5.32 Å². The minimum atomic E-state index is -0.312. The fraction of sp³-hybridized carbons (Fsp3) is 0.200. The van der Waals surface area contributed by atoms with E-state index in [1.165, 1.54) is 12.1 Å². The van der Waals surface area contributed by atoms with Crippen LogP contribution in [0.25, 0.3) is 11.1 Å². The van der Waals surface area contributed by atoms with Crippen molar-refractivity contribution in [3.05, 3.63) is 58.9 Å². The van der Waals surface area contributed by atoms with Crippen LogP contribution in [0, 0.1) is 5.82 Å². The van der Waals surface area contributed by atoms with Gasteiger partial charge in [-0.2, -0.15) is 0 Å². The van der Waals surface area contributed by atoms with E-state index < -0.39 is 0 Å². The molecule has 0 aliphatic heterocycles. The molecule has 0 saturated heterocycles. The number of halogens is 2. The second-order valence-electron chi connectivity index (χ2n) is 4.06. The van der Waals surface area contributed by atoms with Gasteiger partial charge in [0.05, 0.1) is 5.02 Å². The largest absolute Gasteiger partial charge is 0.313 e. The number of hydrogen-bond acceptors (Lipinski definition) is 1. The molecule has 94 valence electrons. The molecule has 0 amide bonds. The smallest absolute Gasteiger partial charge is 0.124 e. The van der Waals surface area contributed by atoms with E-state index in [2.05, 4.69) is 18.3 Å². The molecule has 0 radical (unpaired) electrons. The Morgan fingerprint density at radius 3 is 2.61 bits per heavy atom. The van der Waals surface area contributed by atoms with Crippen LogP contribution in [0.1, 0.15) is 12.5 Å². The van der Waals surface area contributed by atoms with Gasteiger partial charge in [-0.1, -0.05) is 42.8 Å². The van der Waals surface area contributed by atoms with E-state index in [1.807, 2.05) is 18.2 Å². The normalized spacial score (nSPS) is 10.6. The number of benzene rings is 2. The third kappa shape index (κ3) is 2.89. The Hall–Kier alpha value is -1.38. The first-order valence-electron chi connectivity index (χ1n) is 5.96. The van der Waals surface area contributed by atoms with Crippen molar-refractivity contribution in [2.45, 2.75) is 13.5 Å². The third-order valence-electron chi connectivity index (χ3n) is 2.80. The summed E-state index contributed by atoms with van der Waals surface area (Å²) < 4.78 is 13.1. The highest BCUT2D eigenvalue weighted by molar-refractivity contribution is 6.33.